The first-order valence-corrected chi connectivity index (χ1v) is 11.5. The summed E-state index contributed by atoms with van der Waals surface area (Å²) in [7, 11) is 0. The number of hydrogen-bond donors (Lipinski definition) is 0. The molecule has 1 aromatic heterocycles. The summed E-state index contributed by atoms with van der Waals surface area (Å²) in [4.78, 5) is 0. The fourth-order valence-corrected chi connectivity index (χ4v) is 5.37. The van der Waals surface area contributed by atoms with E-state index in [-0.39, 0.29) is 0 Å². The first kappa shape index (κ1) is 18.5. The molecule has 0 unspecified atom stereocenters. The molecule has 33 heavy (non-hydrogen) atoms. The van der Waals surface area contributed by atoms with Crippen molar-refractivity contribution in [2.75, 3.05) is 0 Å². The maximum atomic E-state index is 6.41. The van der Waals surface area contributed by atoms with Gasteiger partial charge in [-0.15, -0.1) is 0 Å². The summed E-state index contributed by atoms with van der Waals surface area (Å²) < 4.78 is 6.41. The molecule has 5 aromatic carbocycles. The molecule has 1 aliphatic carbocycles. The van der Waals surface area contributed by atoms with Crippen molar-refractivity contribution in [1.29, 1.82) is 0 Å². The van der Waals surface area contributed by atoms with Gasteiger partial charge in [0.05, 0.1) is 0 Å². The van der Waals surface area contributed by atoms with E-state index in [4.69, 9.17) is 4.42 Å². The predicted molar refractivity (Wildman–Crippen MR) is 141 cm³/mol. The van der Waals surface area contributed by atoms with Crippen LogP contribution in [0.4, 0.5) is 0 Å². The Balaban J connectivity index is 1.52. The summed E-state index contributed by atoms with van der Waals surface area (Å²) in [6, 6.07) is 28.4. The highest BCUT2D eigenvalue weighted by molar-refractivity contribution is 6.33. The molecule has 0 spiro atoms. The summed E-state index contributed by atoms with van der Waals surface area (Å²) in [6.07, 6.45) is 10.0. The van der Waals surface area contributed by atoms with Gasteiger partial charge in [-0.05, 0) is 81.4 Å². The molecule has 1 heterocycles. The van der Waals surface area contributed by atoms with Crippen LogP contribution in [0.15, 0.2) is 108 Å². The number of hydrogen-bond acceptors (Lipinski definition) is 1. The molecule has 156 valence electrons. The average molecular weight is 423 g/mol. The van der Waals surface area contributed by atoms with Crippen LogP contribution >= 0.6 is 0 Å². The lowest BCUT2D eigenvalue weighted by Gasteiger charge is -2.11. The third-order valence-corrected chi connectivity index (χ3v) is 6.87. The molecule has 6 aromatic rings. The van der Waals surface area contributed by atoms with E-state index in [1.807, 2.05) is 0 Å². The normalized spacial score (nSPS) is 14.3. The van der Waals surface area contributed by atoms with E-state index in [2.05, 4.69) is 110 Å². The second-order valence-electron chi connectivity index (χ2n) is 8.99. The molecule has 0 aliphatic heterocycles. The number of benzene rings is 5. The predicted octanol–water partition coefficient (Wildman–Crippen LogP) is 9.07. The fourth-order valence-electron chi connectivity index (χ4n) is 5.37. The molecule has 1 heteroatoms. The van der Waals surface area contributed by atoms with Crippen molar-refractivity contribution in [2.45, 2.75) is 13.3 Å². The third kappa shape index (κ3) is 2.79. The van der Waals surface area contributed by atoms with E-state index in [1.54, 1.807) is 0 Å². The average Bonchev–Trinajstić information content (AvgIpc) is 3.05. The standard InChI is InChI=1S/C32H22O/c1-20-8-6-11-21(16-20)22-9-2-3-10-23(17-22)24-18-28-26-13-5-4-12-25(26)27-14-7-15-29-31(27)32(28)30(19-24)33-29/h3-19H,2H2,1H3. The summed E-state index contributed by atoms with van der Waals surface area (Å²) in [5, 5.41) is 7.55. The Morgan fingerprint density at radius 2 is 1.42 bits per heavy atom. The van der Waals surface area contributed by atoms with Gasteiger partial charge in [-0.1, -0.05) is 84.5 Å². The number of aryl methyl sites for hydroxylation is 1. The Labute approximate surface area is 192 Å². The number of fused-ring (bicyclic) bond motifs is 3. The number of allylic oxidation sites excluding steroid dienone is 6. The number of rotatable bonds is 2. The zero-order valence-electron chi connectivity index (χ0n) is 18.4. The first-order chi connectivity index (χ1) is 16.3. The van der Waals surface area contributed by atoms with Crippen LogP contribution in [0, 0.1) is 6.92 Å². The monoisotopic (exact) mass is 422 g/mol. The van der Waals surface area contributed by atoms with Crippen LogP contribution in [-0.4, -0.2) is 0 Å². The molecule has 0 fully saturated rings. The van der Waals surface area contributed by atoms with Gasteiger partial charge >= 0.3 is 0 Å². The van der Waals surface area contributed by atoms with Gasteiger partial charge in [0, 0.05) is 10.8 Å². The summed E-state index contributed by atoms with van der Waals surface area (Å²) in [5.74, 6) is 0. The van der Waals surface area contributed by atoms with Gasteiger partial charge in [-0.25, -0.2) is 0 Å². The Hall–Kier alpha value is -4.10. The maximum Gasteiger partial charge on any atom is 0.136 e. The molecule has 7 rings (SSSR count). The highest BCUT2D eigenvalue weighted by Gasteiger charge is 2.18. The molecule has 0 saturated heterocycles. The van der Waals surface area contributed by atoms with E-state index in [0.717, 1.165) is 17.6 Å². The van der Waals surface area contributed by atoms with Crippen molar-refractivity contribution < 1.29 is 4.42 Å². The van der Waals surface area contributed by atoms with Crippen molar-refractivity contribution in [3.8, 4) is 0 Å². The largest absolute Gasteiger partial charge is 0.456 e. The van der Waals surface area contributed by atoms with Gasteiger partial charge in [0.2, 0.25) is 0 Å². The van der Waals surface area contributed by atoms with Crippen LogP contribution in [0.25, 0.3) is 54.6 Å². The van der Waals surface area contributed by atoms with Crippen LogP contribution < -0.4 is 0 Å². The zero-order valence-corrected chi connectivity index (χ0v) is 18.4. The molecule has 1 aliphatic rings. The molecule has 0 saturated carbocycles. The van der Waals surface area contributed by atoms with Crippen molar-refractivity contribution in [3.05, 3.63) is 120 Å². The highest BCUT2D eigenvalue weighted by Crippen LogP contribution is 2.43. The van der Waals surface area contributed by atoms with Crippen molar-refractivity contribution >= 4 is 54.6 Å². The van der Waals surface area contributed by atoms with Gasteiger partial charge in [-0.3, -0.25) is 0 Å². The summed E-state index contributed by atoms with van der Waals surface area (Å²) in [6.45, 7) is 2.15. The Morgan fingerprint density at radius 1 is 0.636 bits per heavy atom. The van der Waals surface area contributed by atoms with Crippen molar-refractivity contribution in [1.82, 2.24) is 0 Å². The molecule has 0 amide bonds. The molecule has 0 bridgehead atoms. The Kier molecular flexibility index (Phi) is 3.89. The Bertz CT molecular complexity index is 1790. The smallest absolute Gasteiger partial charge is 0.136 e. The van der Waals surface area contributed by atoms with Crippen LogP contribution in [0.3, 0.4) is 0 Å². The van der Waals surface area contributed by atoms with E-state index >= 15 is 0 Å². The van der Waals surface area contributed by atoms with Gasteiger partial charge in [-0.2, -0.15) is 0 Å². The van der Waals surface area contributed by atoms with Crippen LogP contribution in [0.2, 0.25) is 0 Å². The van der Waals surface area contributed by atoms with E-state index in [0.29, 0.717) is 0 Å². The summed E-state index contributed by atoms with van der Waals surface area (Å²) in [5.41, 5.74) is 8.12. The second kappa shape index (κ2) is 6.95. The van der Waals surface area contributed by atoms with Gasteiger partial charge in [0.15, 0.2) is 0 Å². The first-order valence-electron chi connectivity index (χ1n) is 11.5. The van der Waals surface area contributed by atoms with Crippen molar-refractivity contribution in [2.24, 2.45) is 0 Å². The lowest BCUT2D eigenvalue weighted by Crippen LogP contribution is -1.87. The van der Waals surface area contributed by atoms with Crippen molar-refractivity contribution in [3.63, 3.8) is 0 Å². The van der Waals surface area contributed by atoms with Gasteiger partial charge in [0.1, 0.15) is 11.2 Å². The van der Waals surface area contributed by atoms with Gasteiger partial charge in [0.25, 0.3) is 0 Å². The lowest BCUT2D eigenvalue weighted by atomic mass is 9.91. The minimum Gasteiger partial charge on any atom is -0.456 e. The molecule has 1 nitrogen and oxygen atoms in total. The minimum atomic E-state index is 0.926. The fraction of sp³-hybridized carbons (Fsp3) is 0.0625. The zero-order chi connectivity index (χ0) is 21.9. The molecular weight excluding hydrogens is 400 g/mol. The highest BCUT2D eigenvalue weighted by atomic mass is 16.3. The van der Waals surface area contributed by atoms with Crippen LogP contribution in [0.5, 0.6) is 0 Å². The van der Waals surface area contributed by atoms with Gasteiger partial charge < -0.3 is 4.42 Å². The molecule has 0 radical (unpaired) electrons. The summed E-state index contributed by atoms with van der Waals surface area (Å²) >= 11 is 0. The Morgan fingerprint density at radius 3 is 2.30 bits per heavy atom. The van der Waals surface area contributed by atoms with Crippen LogP contribution in [0.1, 0.15) is 23.1 Å². The molecule has 0 atom stereocenters. The quantitative estimate of drug-likeness (QED) is 0.254. The van der Waals surface area contributed by atoms with Crippen LogP contribution in [-0.2, 0) is 0 Å². The topological polar surface area (TPSA) is 13.1 Å². The molecule has 0 N–H and O–H groups in total. The van der Waals surface area contributed by atoms with E-state index in [9.17, 15) is 0 Å². The maximum absolute atomic E-state index is 6.41. The van der Waals surface area contributed by atoms with E-state index in [1.165, 1.54) is 60.2 Å². The number of furan rings is 1. The molecular formula is C32H22O. The second-order valence-corrected chi connectivity index (χ2v) is 8.99. The van der Waals surface area contributed by atoms with E-state index < -0.39 is 0 Å². The lowest BCUT2D eigenvalue weighted by molar-refractivity contribution is 0.669. The third-order valence-electron chi connectivity index (χ3n) is 6.87. The SMILES string of the molecule is Cc1cccc(C2=CCC=CC(c3cc4oc5cccc6c7ccccc7c(c3)c4c56)=C2)c1. The minimum absolute atomic E-state index is 0.926.